The van der Waals surface area contributed by atoms with Gasteiger partial charge in [-0.15, -0.1) is 23.2 Å². The van der Waals surface area contributed by atoms with Crippen LogP contribution in [0.1, 0.15) is 24.0 Å². The Morgan fingerprint density at radius 1 is 0.829 bits per heavy atom. The first kappa shape index (κ1) is 33.4. The average Bonchev–Trinajstić information content (AvgIpc) is 2.95. The molecule has 0 saturated carbocycles. The quantitative estimate of drug-likeness (QED) is 0.167. The molecule has 3 rings (SSSR count). The number of halogens is 3. The Kier molecular flexibility index (Phi) is 15.1. The van der Waals surface area contributed by atoms with Gasteiger partial charge >= 0.3 is 18.0 Å². The number of amides is 2. The number of urea groups is 1. The number of carbonyl (C=O) groups excluding carboxylic acids is 1. The SMILES string of the molecule is O=C(O)CC[C@H](NC(=O)Nc1ccc(N(CCCl)CCCl)c(F)c1)C(=O)O.c1ccc(CCc2ccccc2)cc1. The van der Waals surface area contributed by atoms with Crippen LogP contribution in [0.25, 0.3) is 0 Å². The molecule has 0 unspecified atom stereocenters. The monoisotopic (exact) mass is 605 g/mol. The highest BCUT2D eigenvalue weighted by molar-refractivity contribution is 6.18. The molecule has 8 nitrogen and oxygen atoms in total. The van der Waals surface area contributed by atoms with Crippen molar-refractivity contribution in [1.82, 2.24) is 5.32 Å². The third-order valence-corrected chi connectivity index (χ3v) is 6.23. The summed E-state index contributed by atoms with van der Waals surface area (Å²) in [4.78, 5) is 35.2. The molecule has 0 fully saturated rings. The molecule has 0 saturated heterocycles. The van der Waals surface area contributed by atoms with E-state index in [0.717, 1.165) is 18.9 Å². The summed E-state index contributed by atoms with van der Waals surface area (Å²) in [6.07, 6.45) is 1.56. The zero-order valence-corrected chi connectivity index (χ0v) is 24.0. The lowest BCUT2D eigenvalue weighted by atomic mass is 10.0. The number of carboxylic acid groups (broad SMARTS) is 2. The predicted octanol–water partition coefficient (Wildman–Crippen LogP) is 6.02. The minimum Gasteiger partial charge on any atom is -0.481 e. The third kappa shape index (κ3) is 12.9. The number of nitrogens with zero attached hydrogens (tertiary/aromatic N) is 1. The van der Waals surface area contributed by atoms with Gasteiger partial charge in [0.05, 0.1) is 5.69 Å². The Morgan fingerprint density at radius 2 is 1.37 bits per heavy atom. The van der Waals surface area contributed by atoms with Gasteiger partial charge in [0, 0.05) is 37.0 Å². The zero-order chi connectivity index (χ0) is 30.0. The molecular formula is C30H34Cl2FN3O5. The van der Waals surface area contributed by atoms with Gasteiger partial charge in [0.25, 0.3) is 0 Å². The summed E-state index contributed by atoms with van der Waals surface area (Å²) in [5.41, 5.74) is 3.20. The second kappa shape index (κ2) is 18.5. The van der Waals surface area contributed by atoms with Crippen molar-refractivity contribution in [2.75, 3.05) is 35.1 Å². The summed E-state index contributed by atoms with van der Waals surface area (Å²) in [5, 5.41) is 22.1. The fraction of sp³-hybridized carbons (Fsp3) is 0.300. The molecule has 0 aliphatic heterocycles. The Balaban J connectivity index is 0.000000348. The number of alkyl halides is 2. The van der Waals surface area contributed by atoms with Gasteiger partial charge in [-0.2, -0.15) is 0 Å². The number of nitrogens with one attached hydrogen (secondary N) is 2. The summed E-state index contributed by atoms with van der Waals surface area (Å²) in [6, 6.07) is 22.9. The maximum atomic E-state index is 14.3. The smallest absolute Gasteiger partial charge is 0.326 e. The number of anilines is 2. The van der Waals surface area contributed by atoms with Gasteiger partial charge in [0.2, 0.25) is 0 Å². The lowest BCUT2D eigenvalue weighted by molar-refractivity contribution is -0.140. The zero-order valence-electron chi connectivity index (χ0n) is 22.4. The van der Waals surface area contributed by atoms with Crippen molar-refractivity contribution in [1.29, 1.82) is 0 Å². The van der Waals surface area contributed by atoms with E-state index < -0.39 is 36.2 Å². The van der Waals surface area contributed by atoms with Gasteiger partial charge < -0.3 is 25.7 Å². The van der Waals surface area contributed by atoms with Crippen molar-refractivity contribution in [3.8, 4) is 0 Å². The van der Waals surface area contributed by atoms with E-state index in [1.807, 2.05) is 0 Å². The second-order valence-electron chi connectivity index (χ2n) is 8.92. The Hall–Kier alpha value is -3.82. The molecule has 220 valence electrons. The minimum absolute atomic E-state index is 0.104. The number of carbonyl (C=O) groups is 3. The number of hydrogen-bond donors (Lipinski definition) is 4. The van der Waals surface area contributed by atoms with Crippen LogP contribution in [0.3, 0.4) is 0 Å². The van der Waals surface area contributed by atoms with Crippen LogP contribution in [0.15, 0.2) is 78.9 Å². The number of carboxylic acids is 2. The molecule has 0 heterocycles. The largest absolute Gasteiger partial charge is 0.481 e. The molecule has 3 aromatic rings. The normalized spacial score (nSPS) is 11.0. The number of aliphatic carboxylic acids is 2. The first-order valence-corrected chi connectivity index (χ1v) is 14.1. The van der Waals surface area contributed by atoms with Crippen LogP contribution >= 0.6 is 23.2 Å². The molecule has 0 radical (unpaired) electrons. The van der Waals surface area contributed by atoms with Gasteiger partial charge in [-0.1, -0.05) is 60.7 Å². The van der Waals surface area contributed by atoms with E-state index in [9.17, 15) is 18.8 Å². The predicted molar refractivity (Wildman–Crippen MR) is 161 cm³/mol. The first-order chi connectivity index (χ1) is 19.7. The average molecular weight is 607 g/mol. The highest BCUT2D eigenvalue weighted by Gasteiger charge is 2.21. The van der Waals surface area contributed by atoms with Gasteiger partial charge in [0.1, 0.15) is 11.9 Å². The van der Waals surface area contributed by atoms with Crippen molar-refractivity contribution in [3.05, 3.63) is 95.8 Å². The van der Waals surface area contributed by atoms with Crippen molar-refractivity contribution < 1.29 is 29.0 Å². The van der Waals surface area contributed by atoms with E-state index in [1.54, 1.807) is 4.90 Å². The highest BCUT2D eigenvalue weighted by atomic mass is 35.5. The fourth-order valence-corrected chi connectivity index (χ4v) is 4.23. The summed E-state index contributed by atoms with van der Waals surface area (Å²) >= 11 is 11.4. The summed E-state index contributed by atoms with van der Waals surface area (Å²) < 4.78 is 14.3. The molecule has 1 atom stereocenters. The number of benzene rings is 3. The van der Waals surface area contributed by atoms with Gasteiger partial charge in [-0.05, 0) is 48.6 Å². The van der Waals surface area contributed by atoms with Gasteiger partial charge in [0.15, 0.2) is 0 Å². The molecule has 0 aliphatic carbocycles. The first-order valence-electron chi connectivity index (χ1n) is 13.0. The molecule has 0 aliphatic rings. The molecule has 0 spiro atoms. The van der Waals surface area contributed by atoms with Gasteiger partial charge in [-0.3, -0.25) is 4.79 Å². The molecule has 4 N–H and O–H groups in total. The highest BCUT2D eigenvalue weighted by Crippen LogP contribution is 2.23. The lowest BCUT2D eigenvalue weighted by Gasteiger charge is -2.23. The Labute approximate surface area is 249 Å². The van der Waals surface area contributed by atoms with Crippen molar-refractivity contribution in [3.63, 3.8) is 0 Å². The Morgan fingerprint density at radius 3 is 1.80 bits per heavy atom. The lowest BCUT2D eigenvalue weighted by Crippen LogP contribution is -2.43. The number of hydrogen-bond acceptors (Lipinski definition) is 4. The van der Waals surface area contributed by atoms with Crippen molar-refractivity contribution >= 4 is 52.5 Å². The standard InChI is InChI=1S/C16H20Cl2FN3O5.C14H14/c17-5-7-22(8-6-18)13-3-1-10(9-11(13)19)20-16(27)21-12(15(25)26)2-4-14(23)24;1-3-7-13(8-4-1)11-12-14-9-5-2-6-10-14/h1,3,9,12H,2,4-8H2,(H,23,24)(H,25,26)(H2,20,21,27);1-10H,11-12H2/t12-;/m0./s1. The van der Waals surface area contributed by atoms with Crippen LogP contribution in [-0.2, 0) is 22.4 Å². The second-order valence-corrected chi connectivity index (χ2v) is 9.68. The van der Waals surface area contributed by atoms with Crippen LogP contribution in [0, 0.1) is 5.82 Å². The summed E-state index contributed by atoms with van der Waals surface area (Å²) in [7, 11) is 0. The van der Waals surface area contributed by atoms with Crippen molar-refractivity contribution in [2.45, 2.75) is 31.7 Å². The topological polar surface area (TPSA) is 119 Å². The molecule has 41 heavy (non-hydrogen) atoms. The van der Waals surface area contributed by atoms with Crippen LogP contribution in [0.5, 0.6) is 0 Å². The van der Waals surface area contributed by atoms with Gasteiger partial charge in [-0.25, -0.2) is 14.0 Å². The van der Waals surface area contributed by atoms with Crippen LogP contribution in [0.4, 0.5) is 20.6 Å². The van der Waals surface area contributed by atoms with Crippen molar-refractivity contribution in [2.24, 2.45) is 0 Å². The molecular weight excluding hydrogens is 572 g/mol. The fourth-order valence-electron chi connectivity index (χ4n) is 3.83. The van der Waals surface area contributed by atoms with E-state index >= 15 is 0 Å². The molecule has 0 bridgehead atoms. The molecule has 0 aromatic heterocycles. The van der Waals surface area contributed by atoms with E-state index in [-0.39, 0.29) is 29.6 Å². The van der Waals surface area contributed by atoms with E-state index in [1.165, 1.54) is 23.3 Å². The Bertz CT molecular complexity index is 1190. The van der Waals surface area contributed by atoms with E-state index in [2.05, 4.69) is 71.3 Å². The van der Waals surface area contributed by atoms with Crippen LogP contribution in [-0.4, -0.2) is 59.1 Å². The van der Waals surface area contributed by atoms with E-state index in [0.29, 0.717) is 13.1 Å². The molecule has 3 aromatic carbocycles. The van der Waals surface area contributed by atoms with Crippen LogP contribution < -0.4 is 15.5 Å². The number of aryl methyl sites for hydroxylation is 2. The third-order valence-electron chi connectivity index (χ3n) is 5.89. The maximum absolute atomic E-state index is 14.3. The van der Waals surface area contributed by atoms with E-state index in [4.69, 9.17) is 33.4 Å². The number of rotatable bonds is 14. The van der Waals surface area contributed by atoms with Crippen LogP contribution in [0.2, 0.25) is 0 Å². The summed E-state index contributed by atoms with van der Waals surface area (Å²) in [6.45, 7) is 0.782. The molecule has 11 heteroatoms. The minimum atomic E-state index is -1.38. The molecule has 2 amide bonds. The maximum Gasteiger partial charge on any atom is 0.326 e. The summed E-state index contributed by atoms with van der Waals surface area (Å²) in [5.74, 6) is -2.59.